The topological polar surface area (TPSA) is 57.1 Å². The highest BCUT2D eigenvalue weighted by Crippen LogP contribution is 2.26. The molecule has 0 spiro atoms. The van der Waals surface area contributed by atoms with Gasteiger partial charge in [-0.3, -0.25) is 9.59 Å². The molecule has 0 aliphatic carbocycles. The SMILES string of the molecule is CCC(CC)C(=O)N(CC[NH+](C)C)Cc1cc(NC(=O)CC(C)C)ccc1N(C)C. The molecule has 6 heteroatoms. The van der Waals surface area contributed by atoms with E-state index in [1.54, 1.807) is 0 Å². The van der Waals surface area contributed by atoms with Crippen LogP contribution in [0.3, 0.4) is 0 Å². The van der Waals surface area contributed by atoms with Crippen LogP contribution < -0.4 is 15.1 Å². The standard InChI is InChI=1S/C24H42N4O2/c1-9-19(10-2)24(30)28(14-13-26(5)6)17-20-16-21(11-12-22(20)27(7)8)25-23(29)15-18(3)4/h11-12,16,18-19H,9-10,13-15,17H2,1-8H3,(H,25,29)/p+1. The number of nitrogens with one attached hydrogen (secondary N) is 2. The van der Waals surface area contributed by atoms with Crippen LogP contribution in [0, 0.1) is 11.8 Å². The van der Waals surface area contributed by atoms with Gasteiger partial charge in [-0.25, -0.2) is 0 Å². The lowest BCUT2D eigenvalue weighted by Crippen LogP contribution is -3.06. The minimum atomic E-state index is 0.0229. The fraction of sp³-hybridized carbons (Fsp3) is 0.667. The average molecular weight is 420 g/mol. The molecular weight excluding hydrogens is 376 g/mol. The summed E-state index contributed by atoms with van der Waals surface area (Å²) in [6.07, 6.45) is 2.20. The second-order valence-electron chi connectivity index (χ2n) is 9.11. The quantitative estimate of drug-likeness (QED) is 0.548. The van der Waals surface area contributed by atoms with E-state index >= 15 is 0 Å². The summed E-state index contributed by atoms with van der Waals surface area (Å²) in [5.74, 6) is 0.612. The zero-order valence-corrected chi connectivity index (χ0v) is 20.3. The summed E-state index contributed by atoms with van der Waals surface area (Å²) >= 11 is 0. The Morgan fingerprint density at radius 3 is 2.23 bits per heavy atom. The van der Waals surface area contributed by atoms with Crippen molar-refractivity contribution in [3.63, 3.8) is 0 Å². The number of benzene rings is 1. The summed E-state index contributed by atoms with van der Waals surface area (Å²) in [5.41, 5.74) is 2.90. The van der Waals surface area contributed by atoms with Crippen LogP contribution in [0.1, 0.15) is 52.5 Å². The Kier molecular flexibility index (Phi) is 10.9. The highest BCUT2D eigenvalue weighted by molar-refractivity contribution is 5.91. The third-order valence-electron chi connectivity index (χ3n) is 5.33. The Labute approximate surface area is 183 Å². The third-order valence-corrected chi connectivity index (χ3v) is 5.33. The highest BCUT2D eigenvalue weighted by atomic mass is 16.2. The minimum absolute atomic E-state index is 0.0229. The number of hydrogen-bond donors (Lipinski definition) is 2. The first-order valence-electron chi connectivity index (χ1n) is 11.3. The molecule has 0 aliphatic heterocycles. The number of carbonyl (C=O) groups is 2. The van der Waals surface area contributed by atoms with Gasteiger partial charge in [0.05, 0.1) is 27.2 Å². The number of anilines is 2. The second-order valence-corrected chi connectivity index (χ2v) is 9.11. The van der Waals surface area contributed by atoms with Crippen molar-refractivity contribution in [1.82, 2.24) is 4.90 Å². The van der Waals surface area contributed by atoms with E-state index < -0.39 is 0 Å². The Hall–Kier alpha value is -2.08. The maximum Gasteiger partial charge on any atom is 0.226 e. The fourth-order valence-electron chi connectivity index (χ4n) is 3.54. The summed E-state index contributed by atoms with van der Waals surface area (Å²) < 4.78 is 0. The van der Waals surface area contributed by atoms with E-state index in [2.05, 4.69) is 38.2 Å². The van der Waals surface area contributed by atoms with Crippen LogP contribution in [-0.4, -0.2) is 58.0 Å². The van der Waals surface area contributed by atoms with E-state index in [0.29, 0.717) is 25.4 Å². The first-order valence-corrected chi connectivity index (χ1v) is 11.3. The number of carbonyl (C=O) groups excluding carboxylic acids is 2. The van der Waals surface area contributed by atoms with Gasteiger partial charge in [0.1, 0.15) is 0 Å². The Morgan fingerprint density at radius 2 is 1.73 bits per heavy atom. The van der Waals surface area contributed by atoms with Gasteiger partial charge in [-0.15, -0.1) is 0 Å². The van der Waals surface area contributed by atoms with Gasteiger partial charge < -0.3 is 20.0 Å². The molecule has 0 saturated heterocycles. The molecule has 0 aliphatic rings. The van der Waals surface area contributed by atoms with Crippen LogP contribution in [0.2, 0.25) is 0 Å². The van der Waals surface area contributed by atoms with Crippen molar-refractivity contribution in [2.45, 2.75) is 53.5 Å². The van der Waals surface area contributed by atoms with E-state index in [0.717, 1.165) is 36.3 Å². The molecule has 170 valence electrons. The predicted molar refractivity (Wildman–Crippen MR) is 126 cm³/mol. The Balaban J connectivity index is 3.18. The van der Waals surface area contributed by atoms with E-state index in [9.17, 15) is 9.59 Å². The monoisotopic (exact) mass is 419 g/mol. The molecule has 6 nitrogen and oxygen atoms in total. The molecule has 0 aromatic heterocycles. The average Bonchev–Trinajstić information content (AvgIpc) is 2.64. The number of nitrogens with zero attached hydrogens (tertiary/aromatic N) is 2. The van der Waals surface area contributed by atoms with Crippen LogP contribution >= 0.6 is 0 Å². The number of quaternary nitrogens is 1. The third kappa shape index (κ3) is 8.34. The summed E-state index contributed by atoms with van der Waals surface area (Å²) in [7, 11) is 8.23. The zero-order valence-electron chi connectivity index (χ0n) is 20.3. The Morgan fingerprint density at radius 1 is 1.10 bits per heavy atom. The van der Waals surface area contributed by atoms with E-state index in [1.807, 2.05) is 51.0 Å². The largest absolute Gasteiger partial charge is 0.377 e. The van der Waals surface area contributed by atoms with Crippen molar-refractivity contribution in [2.24, 2.45) is 11.8 Å². The summed E-state index contributed by atoms with van der Waals surface area (Å²) in [6, 6.07) is 5.98. The van der Waals surface area contributed by atoms with Gasteiger partial charge in [0.15, 0.2) is 0 Å². The summed E-state index contributed by atoms with van der Waals surface area (Å²) in [5, 5.41) is 3.01. The van der Waals surface area contributed by atoms with E-state index in [-0.39, 0.29) is 17.7 Å². The number of rotatable bonds is 12. The van der Waals surface area contributed by atoms with Gasteiger partial charge >= 0.3 is 0 Å². The summed E-state index contributed by atoms with van der Waals surface area (Å²) in [6.45, 7) is 10.4. The van der Waals surface area contributed by atoms with Crippen molar-refractivity contribution < 1.29 is 14.5 Å². The van der Waals surface area contributed by atoms with Gasteiger partial charge in [0, 0.05) is 44.4 Å². The molecule has 0 heterocycles. The van der Waals surface area contributed by atoms with E-state index in [1.165, 1.54) is 4.90 Å². The zero-order chi connectivity index (χ0) is 22.8. The first-order chi connectivity index (χ1) is 14.1. The molecular formula is C24H43N4O2+. The fourth-order valence-corrected chi connectivity index (χ4v) is 3.54. The molecule has 1 rings (SSSR count). The van der Waals surface area contributed by atoms with Crippen molar-refractivity contribution in [1.29, 1.82) is 0 Å². The van der Waals surface area contributed by atoms with Gasteiger partial charge in [-0.2, -0.15) is 0 Å². The maximum atomic E-state index is 13.2. The molecule has 0 bridgehead atoms. The van der Waals surface area contributed by atoms with Crippen molar-refractivity contribution in [3.05, 3.63) is 23.8 Å². The molecule has 0 unspecified atom stereocenters. The first kappa shape index (κ1) is 26.0. The lowest BCUT2D eigenvalue weighted by Gasteiger charge is -2.29. The molecule has 1 aromatic carbocycles. The van der Waals surface area contributed by atoms with Crippen LogP contribution in [0.4, 0.5) is 11.4 Å². The lowest BCUT2D eigenvalue weighted by atomic mass is 10.0. The molecule has 30 heavy (non-hydrogen) atoms. The van der Waals surface area contributed by atoms with Gasteiger partial charge in [0.2, 0.25) is 11.8 Å². The molecule has 0 atom stereocenters. The van der Waals surface area contributed by atoms with Crippen LogP contribution in [0.5, 0.6) is 0 Å². The van der Waals surface area contributed by atoms with Gasteiger partial charge in [0.25, 0.3) is 0 Å². The molecule has 1 aromatic rings. The normalized spacial score (nSPS) is 11.3. The van der Waals surface area contributed by atoms with Crippen molar-refractivity contribution in [3.8, 4) is 0 Å². The molecule has 2 N–H and O–H groups in total. The van der Waals surface area contributed by atoms with Crippen LogP contribution in [0.25, 0.3) is 0 Å². The van der Waals surface area contributed by atoms with Gasteiger partial charge in [-0.1, -0.05) is 27.7 Å². The molecule has 0 radical (unpaired) electrons. The summed E-state index contributed by atoms with van der Waals surface area (Å²) in [4.78, 5) is 30.8. The Bertz CT molecular complexity index is 682. The maximum absolute atomic E-state index is 13.2. The van der Waals surface area contributed by atoms with Gasteiger partial charge in [-0.05, 0) is 42.5 Å². The van der Waals surface area contributed by atoms with Crippen LogP contribution in [0.15, 0.2) is 18.2 Å². The van der Waals surface area contributed by atoms with Crippen molar-refractivity contribution in [2.75, 3.05) is 51.5 Å². The molecule has 0 saturated carbocycles. The molecule has 0 fully saturated rings. The smallest absolute Gasteiger partial charge is 0.226 e. The van der Waals surface area contributed by atoms with Crippen LogP contribution in [-0.2, 0) is 16.1 Å². The lowest BCUT2D eigenvalue weighted by molar-refractivity contribution is -0.857. The number of amides is 2. The molecule has 2 amide bonds. The minimum Gasteiger partial charge on any atom is -0.377 e. The number of likely N-dealkylation sites (N-methyl/N-ethyl adjacent to an activating group) is 1. The second kappa shape index (κ2) is 12.6. The number of hydrogen-bond acceptors (Lipinski definition) is 3. The van der Waals surface area contributed by atoms with Crippen molar-refractivity contribution >= 4 is 23.2 Å². The van der Waals surface area contributed by atoms with E-state index in [4.69, 9.17) is 0 Å². The highest BCUT2D eigenvalue weighted by Gasteiger charge is 2.23. The predicted octanol–water partition coefficient (Wildman–Crippen LogP) is 2.65.